The van der Waals surface area contributed by atoms with Crippen LogP contribution in [0.1, 0.15) is 25.8 Å². The topological polar surface area (TPSA) is 77.4 Å². The first-order valence-corrected chi connectivity index (χ1v) is 4.87. The van der Waals surface area contributed by atoms with Gasteiger partial charge in [0, 0.05) is 14.2 Å². The zero-order chi connectivity index (χ0) is 11.4. The summed E-state index contributed by atoms with van der Waals surface area (Å²) in [6, 6.07) is 0.403. The Morgan fingerprint density at radius 2 is 2.13 bits per heavy atom. The standard InChI is InChI=1S/C9H18N4O2/c1-6(5-14-4)13(3)9-12-11-8(15-9)7(2)10/h6-7H,5,10H2,1-4H3. The fourth-order valence-corrected chi connectivity index (χ4v) is 1.09. The smallest absolute Gasteiger partial charge is 0.318 e. The summed E-state index contributed by atoms with van der Waals surface area (Å²) in [7, 11) is 3.54. The minimum absolute atomic E-state index is 0.177. The van der Waals surface area contributed by atoms with Crippen molar-refractivity contribution in [2.45, 2.75) is 25.9 Å². The van der Waals surface area contributed by atoms with E-state index in [-0.39, 0.29) is 12.1 Å². The summed E-state index contributed by atoms with van der Waals surface area (Å²) in [5, 5.41) is 7.77. The van der Waals surface area contributed by atoms with Crippen molar-refractivity contribution in [1.82, 2.24) is 10.2 Å². The van der Waals surface area contributed by atoms with Gasteiger partial charge in [0.05, 0.1) is 18.7 Å². The van der Waals surface area contributed by atoms with Crippen LogP contribution in [-0.2, 0) is 4.74 Å². The van der Waals surface area contributed by atoms with Gasteiger partial charge in [-0.25, -0.2) is 0 Å². The van der Waals surface area contributed by atoms with E-state index in [1.54, 1.807) is 14.0 Å². The van der Waals surface area contributed by atoms with Gasteiger partial charge in [-0.1, -0.05) is 5.10 Å². The van der Waals surface area contributed by atoms with Crippen molar-refractivity contribution in [2.24, 2.45) is 5.73 Å². The fourth-order valence-electron chi connectivity index (χ4n) is 1.09. The van der Waals surface area contributed by atoms with E-state index in [0.717, 1.165) is 0 Å². The lowest BCUT2D eigenvalue weighted by molar-refractivity contribution is 0.181. The molecule has 0 bridgehead atoms. The van der Waals surface area contributed by atoms with E-state index in [9.17, 15) is 0 Å². The average molecular weight is 214 g/mol. The summed E-state index contributed by atoms with van der Waals surface area (Å²) in [6.07, 6.45) is 0. The third-order valence-corrected chi connectivity index (χ3v) is 2.19. The number of anilines is 1. The maximum absolute atomic E-state index is 5.62. The van der Waals surface area contributed by atoms with Crippen molar-refractivity contribution in [2.75, 3.05) is 25.7 Å². The van der Waals surface area contributed by atoms with Crippen LogP contribution < -0.4 is 10.6 Å². The number of ether oxygens (including phenoxy) is 1. The molecule has 2 unspecified atom stereocenters. The second-order valence-corrected chi connectivity index (χ2v) is 3.63. The maximum Gasteiger partial charge on any atom is 0.318 e. The van der Waals surface area contributed by atoms with E-state index in [1.807, 2.05) is 18.9 Å². The van der Waals surface area contributed by atoms with Crippen LogP contribution in [0, 0.1) is 0 Å². The Kier molecular flexibility index (Phi) is 4.05. The molecule has 0 fully saturated rings. The number of nitrogens with two attached hydrogens (primary N) is 1. The predicted octanol–water partition coefficient (Wildman–Crippen LogP) is 0.560. The maximum atomic E-state index is 5.62. The first-order chi connectivity index (χ1) is 7.06. The molecule has 0 aliphatic heterocycles. The van der Waals surface area contributed by atoms with E-state index in [0.29, 0.717) is 18.5 Å². The van der Waals surface area contributed by atoms with Gasteiger partial charge in [0.1, 0.15) is 0 Å². The van der Waals surface area contributed by atoms with Gasteiger partial charge in [0.2, 0.25) is 5.89 Å². The number of methoxy groups -OCH3 is 1. The molecule has 0 aromatic carbocycles. The minimum atomic E-state index is -0.239. The lowest BCUT2D eigenvalue weighted by atomic mass is 10.3. The van der Waals surface area contributed by atoms with Crippen LogP contribution in [0.25, 0.3) is 0 Å². The lowest BCUT2D eigenvalue weighted by Gasteiger charge is -2.21. The number of aromatic nitrogens is 2. The molecule has 6 nitrogen and oxygen atoms in total. The molecule has 0 amide bonds. The molecule has 2 atom stereocenters. The summed E-state index contributed by atoms with van der Waals surface area (Å²) < 4.78 is 10.4. The third-order valence-electron chi connectivity index (χ3n) is 2.19. The second kappa shape index (κ2) is 5.09. The highest BCUT2D eigenvalue weighted by Crippen LogP contribution is 2.16. The third kappa shape index (κ3) is 2.90. The molecule has 1 rings (SSSR count). The van der Waals surface area contributed by atoms with Gasteiger partial charge < -0.3 is 19.8 Å². The Bertz CT molecular complexity index is 300. The summed E-state index contributed by atoms with van der Waals surface area (Å²) in [6.45, 7) is 4.42. The summed E-state index contributed by atoms with van der Waals surface area (Å²) in [5.74, 6) is 0.446. The molecule has 0 aliphatic carbocycles. The largest absolute Gasteiger partial charge is 0.406 e. The molecular weight excluding hydrogens is 196 g/mol. The zero-order valence-electron chi connectivity index (χ0n) is 9.60. The van der Waals surface area contributed by atoms with E-state index in [2.05, 4.69) is 10.2 Å². The van der Waals surface area contributed by atoms with Crippen LogP contribution in [0.2, 0.25) is 0 Å². The molecule has 0 saturated carbocycles. The Morgan fingerprint density at radius 1 is 1.47 bits per heavy atom. The first kappa shape index (κ1) is 11.9. The van der Waals surface area contributed by atoms with Crippen LogP contribution >= 0.6 is 0 Å². The normalized spacial score (nSPS) is 15.0. The summed E-state index contributed by atoms with van der Waals surface area (Å²) >= 11 is 0. The predicted molar refractivity (Wildman–Crippen MR) is 56.6 cm³/mol. The lowest BCUT2D eigenvalue weighted by Crippen LogP contribution is -2.32. The van der Waals surface area contributed by atoms with E-state index in [4.69, 9.17) is 14.9 Å². The number of nitrogens with zero attached hydrogens (tertiary/aromatic N) is 3. The molecule has 0 radical (unpaired) electrons. The summed E-state index contributed by atoms with van der Waals surface area (Å²) in [5.41, 5.74) is 5.62. The van der Waals surface area contributed by atoms with Gasteiger partial charge in [0.15, 0.2) is 0 Å². The Labute approximate surface area is 89.4 Å². The second-order valence-electron chi connectivity index (χ2n) is 3.63. The van der Waals surface area contributed by atoms with Gasteiger partial charge in [-0.3, -0.25) is 0 Å². The highest BCUT2D eigenvalue weighted by Gasteiger charge is 2.17. The summed E-state index contributed by atoms with van der Waals surface area (Å²) in [4.78, 5) is 1.86. The minimum Gasteiger partial charge on any atom is -0.406 e. The molecule has 1 aromatic heterocycles. The molecule has 0 aliphatic rings. The zero-order valence-corrected chi connectivity index (χ0v) is 9.60. The number of hydrogen-bond donors (Lipinski definition) is 1. The van der Waals surface area contributed by atoms with Crippen molar-refractivity contribution >= 4 is 6.01 Å². The van der Waals surface area contributed by atoms with Crippen LogP contribution in [0.15, 0.2) is 4.42 Å². The molecule has 15 heavy (non-hydrogen) atoms. The molecule has 1 heterocycles. The molecule has 86 valence electrons. The van der Waals surface area contributed by atoms with Gasteiger partial charge in [-0.05, 0) is 13.8 Å². The highest BCUT2D eigenvalue weighted by molar-refractivity contribution is 5.24. The SMILES string of the molecule is COCC(C)N(C)c1nnc(C(C)N)o1. The first-order valence-electron chi connectivity index (χ1n) is 4.87. The van der Waals surface area contributed by atoms with Gasteiger partial charge in [-0.15, -0.1) is 5.10 Å². The van der Waals surface area contributed by atoms with Crippen molar-refractivity contribution in [1.29, 1.82) is 0 Å². The van der Waals surface area contributed by atoms with Crippen molar-refractivity contribution in [3.8, 4) is 0 Å². The molecule has 2 N–H and O–H groups in total. The molecule has 0 saturated heterocycles. The molecule has 1 aromatic rings. The van der Waals surface area contributed by atoms with Gasteiger partial charge in [-0.2, -0.15) is 0 Å². The fraction of sp³-hybridized carbons (Fsp3) is 0.778. The molecule has 6 heteroatoms. The molecule has 0 spiro atoms. The van der Waals surface area contributed by atoms with Crippen molar-refractivity contribution in [3.63, 3.8) is 0 Å². The van der Waals surface area contributed by atoms with Gasteiger partial charge in [0.25, 0.3) is 0 Å². The Morgan fingerprint density at radius 3 is 2.60 bits per heavy atom. The van der Waals surface area contributed by atoms with Crippen LogP contribution in [-0.4, -0.2) is 37.0 Å². The van der Waals surface area contributed by atoms with Crippen LogP contribution in [0.5, 0.6) is 0 Å². The monoisotopic (exact) mass is 214 g/mol. The average Bonchev–Trinajstić information content (AvgIpc) is 2.65. The van der Waals surface area contributed by atoms with Crippen LogP contribution in [0.3, 0.4) is 0 Å². The Hall–Kier alpha value is -1.14. The van der Waals surface area contributed by atoms with E-state index >= 15 is 0 Å². The quantitative estimate of drug-likeness (QED) is 0.771. The number of hydrogen-bond acceptors (Lipinski definition) is 6. The van der Waals surface area contributed by atoms with Gasteiger partial charge >= 0.3 is 6.01 Å². The van der Waals surface area contributed by atoms with Crippen molar-refractivity contribution in [3.05, 3.63) is 5.89 Å². The molecular formula is C9H18N4O2. The van der Waals surface area contributed by atoms with Crippen LogP contribution in [0.4, 0.5) is 6.01 Å². The highest BCUT2D eigenvalue weighted by atomic mass is 16.5. The Balaban J connectivity index is 2.69. The van der Waals surface area contributed by atoms with Crippen molar-refractivity contribution < 1.29 is 9.15 Å². The number of rotatable bonds is 5. The van der Waals surface area contributed by atoms with E-state index in [1.165, 1.54) is 0 Å². The van der Waals surface area contributed by atoms with E-state index < -0.39 is 0 Å². The number of likely N-dealkylation sites (N-methyl/N-ethyl adjacent to an activating group) is 1.